The Morgan fingerprint density at radius 1 is 0.907 bits per heavy atom. The molecule has 0 fully saturated rings. The molecular weight excluding hydrogens is 634 g/mol. The fourth-order valence-electron chi connectivity index (χ4n) is 6.11. The van der Waals surface area contributed by atoms with Crippen molar-refractivity contribution in [2.45, 2.75) is 53.9 Å². The molecule has 1 N–H and O–H groups in total. The van der Waals surface area contributed by atoms with Gasteiger partial charge in [0.2, 0.25) is 0 Å². The topological polar surface area (TPSA) is 49.9 Å². The van der Waals surface area contributed by atoms with E-state index in [4.69, 9.17) is 0 Å². The van der Waals surface area contributed by atoms with Crippen molar-refractivity contribution >= 4 is 65.7 Å². The van der Waals surface area contributed by atoms with Crippen LogP contribution in [0.1, 0.15) is 57.9 Å². The molecule has 6 heteroatoms. The molecule has 0 aliphatic heterocycles. The lowest BCUT2D eigenvalue weighted by Crippen LogP contribution is -2.04. The van der Waals surface area contributed by atoms with Crippen molar-refractivity contribution in [1.82, 2.24) is 4.98 Å². The van der Waals surface area contributed by atoms with Crippen LogP contribution >= 0.6 is 38.6 Å². The lowest BCUT2D eigenvalue weighted by Gasteiger charge is -2.11. The third-order valence-corrected chi connectivity index (χ3v) is 11.6. The molecule has 0 bridgehead atoms. The van der Waals surface area contributed by atoms with Crippen molar-refractivity contribution in [2.24, 2.45) is 5.92 Å². The first-order chi connectivity index (χ1) is 20.8. The van der Waals surface area contributed by atoms with Crippen LogP contribution in [0.5, 0.6) is 0 Å². The van der Waals surface area contributed by atoms with E-state index in [1.807, 2.05) is 49.5 Å². The molecule has 43 heavy (non-hydrogen) atoms. The molecule has 0 spiro atoms. The van der Waals surface area contributed by atoms with Crippen LogP contribution in [-0.4, -0.2) is 4.98 Å². The zero-order valence-corrected chi connectivity index (χ0v) is 28.3. The molecule has 3 nitrogen and oxygen atoms in total. The van der Waals surface area contributed by atoms with Crippen LogP contribution in [0.2, 0.25) is 0 Å². The molecule has 6 rings (SSSR count). The molecule has 3 heterocycles. The maximum atomic E-state index is 14.5. The molecular formula is C37H34BrNO2S2. The largest absolute Gasteiger partial charge is 0.361 e. The van der Waals surface area contributed by atoms with Crippen LogP contribution in [0.15, 0.2) is 85.8 Å². The number of nitrogens with one attached hydrogen (secondary N) is 1. The summed E-state index contributed by atoms with van der Waals surface area (Å²) in [5.74, 6) is 0.495. The number of aromatic nitrogens is 1. The minimum Gasteiger partial charge on any atom is -0.361 e. The minimum absolute atomic E-state index is 0.00158. The number of thiophene rings is 2. The molecule has 3 aromatic heterocycles. The smallest absolute Gasteiger partial charge is 0.195 e. The van der Waals surface area contributed by atoms with E-state index in [0.29, 0.717) is 27.8 Å². The normalized spacial score (nSPS) is 13.5. The third kappa shape index (κ3) is 5.13. The Morgan fingerprint density at radius 2 is 1.65 bits per heavy atom. The average molecular weight is 669 g/mol. The van der Waals surface area contributed by atoms with Crippen LogP contribution in [0.25, 0.3) is 59.3 Å². The molecule has 0 amide bonds. The molecule has 0 saturated carbocycles. The Kier molecular flexibility index (Phi) is 8.29. The quantitative estimate of drug-likeness (QED) is 0.156. The van der Waals surface area contributed by atoms with Gasteiger partial charge in [-0.1, -0.05) is 45.4 Å². The number of allylic oxidation sites excluding steroid dienone is 4. The summed E-state index contributed by atoms with van der Waals surface area (Å²) in [6.07, 6.45) is 9.14. The first-order valence-corrected chi connectivity index (χ1v) is 17.3. The first kappa shape index (κ1) is 29.7. The molecule has 6 aromatic rings. The summed E-state index contributed by atoms with van der Waals surface area (Å²) in [5.41, 5.74) is 6.19. The Bertz CT molecular complexity index is 2110. The molecule has 0 aliphatic rings. The third-order valence-electron chi connectivity index (χ3n) is 8.69. The number of halogens is 1. The molecule has 3 aromatic carbocycles. The van der Waals surface area contributed by atoms with Gasteiger partial charge in [-0.3, -0.25) is 9.59 Å². The highest BCUT2D eigenvalue weighted by Gasteiger charge is 2.27. The number of hydrogen-bond donors (Lipinski definition) is 1. The van der Waals surface area contributed by atoms with Gasteiger partial charge < -0.3 is 4.98 Å². The average Bonchev–Trinajstić information content (AvgIpc) is 3.84. The van der Waals surface area contributed by atoms with Gasteiger partial charge in [-0.25, -0.2) is 0 Å². The van der Waals surface area contributed by atoms with Gasteiger partial charge in [0.25, 0.3) is 0 Å². The number of fused-ring (bicyclic) bond motifs is 2. The summed E-state index contributed by atoms with van der Waals surface area (Å²) in [5, 5.41) is 2.99. The van der Waals surface area contributed by atoms with Gasteiger partial charge in [0.1, 0.15) is 0 Å². The summed E-state index contributed by atoms with van der Waals surface area (Å²) in [4.78, 5) is 35.4. The van der Waals surface area contributed by atoms with E-state index >= 15 is 0 Å². The van der Waals surface area contributed by atoms with Gasteiger partial charge in [-0.05, 0) is 113 Å². The number of hydrogen-bond acceptors (Lipinski definition) is 4. The Morgan fingerprint density at radius 3 is 2.28 bits per heavy atom. The molecule has 1 unspecified atom stereocenters. The van der Waals surface area contributed by atoms with E-state index in [-0.39, 0.29) is 10.9 Å². The van der Waals surface area contributed by atoms with E-state index < -0.39 is 0 Å². The summed E-state index contributed by atoms with van der Waals surface area (Å²) < 4.78 is 0.981. The summed E-state index contributed by atoms with van der Waals surface area (Å²) in [7, 11) is 0. The highest BCUT2D eigenvalue weighted by Crippen LogP contribution is 2.46. The number of aromatic amines is 1. The number of rotatable bonds is 9. The van der Waals surface area contributed by atoms with Gasteiger partial charge in [-0.2, -0.15) is 0 Å². The second-order valence-electron chi connectivity index (χ2n) is 11.2. The van der Waals surface area contributed by atoms with Crippen molar-refractivity contribution in [3.8, 4) is 32.1 Å². The molecule has 0 saturated heterocycles. The maximum absolute atomic E-state index is 14.5. The minimum atomic E-state index is 0.00158. The van der Waals surface area contributed by atoms with E-state index in [1.165, 1.54) is 10.5 Å². The van der Waals surface area contributed by atoms with Gasteiger partial charge in [0.05, 0.1) is 3.79 Å². The van der Waals surface area contributed by atoms with Crippen molar-refractivity contribution in [1.29, 1.82) is 0 Å². The van der Waals surface area contributed by atoms with Gasteiger partial charge >= 0.3 is 0 Å². The lowest BCUT2D eigenvalue weighted by molar-refractivity contribution is 0.633. The molecule has 218 valence electrons. The summed E-state index contributed by atoms with van der Waals surface area (Å²) >= 11 is 6.89. The predicted molar refractivity (Wildman–Crippen MR) is 191 cm³/mol. The Hall–Kier alpha value is -3.32. The second-order valence-corrected chi connectivity index (χ2v) is 14.8. The number of aryl methyl sites for hydroxylation is 1. The van der Waals surface area contributed by atoms with E-state index in [9.17, 15) is 9.59 Å². The zero-order valence-electron chi connectivity index (χ0n) is 25.1. The number of H-pyrrole nitrogens is 1. The van der Waals surface area contributed by atoms with Crippen LogP contribution in [0, 0.1) is 5.92 Å². The van der Waals surface area contributed by atoms with Crippen molar-refractivity contribution in [2.75, 3.05) is 0 Å². The second kappa shape index (κ2) is 12.0. The van der Waals surface area contributed by atoms with Gasteiger partial charge in [0.15, 0.2) is 10.9 Å². The highest BCUT2D eigenvalue weighted by atomic mass is 79.9. The van der Waals surface area contributed by atoms with Crippen molar-refractivity contribution < 1.29 is 0 Å². The van der Waals surface area contributed by atoms with Crippen LogP contribution < -0.4 is 10.9 Å². The monoisotopic (exact) mass is 667 g/mol. The fraction of sp³-hybridized carbons (Fsp3) is 0.243. The van der Waals surface area contributed by atoms with Crippen LogP contribution in [-0.2, 0) is 6.42 Å². The fourth-order valence-corrected chi connectivity index (χ4v) is 8.52. The highest BCUT2D eigenvalue weighted by molar-refractivity contribution is 9.11. The van der Waals surface area contributed by atoms with Crippen LogP contribution in [0.4, 0.5) is 0 Å². The SMILES string of the molecule is CC/C(=C/C=C(\C)c1cc2c(-c3ccc(Br)s3)c3c(=O)c(-c4ccc(CC)s4)cc3c(-c3ccc[nH]3)c2c1=O)C(C)CC. The van der Waals surface area contributed by atoms with Gasteiger partial charge in [0, 0.05) is 59.5 Å². The first-order valence-electron chi connectivity index (χ1n) is 14.9. The Labute approximate surface area is 268 Å². The van der Waals surface area contributed by atoms with E-state index in [0.717, 1.165) is 66.0 Å². The summed E-state index contributed by atoms with van der Waals surface area (Å²) in [6, 6.07) is 16.2. The molecule has 0 aliphatic carbocycles. The lowest BCUT2D eigenvalue weighted by atomic mass is 9.94. The van der Waals surface area contributed by atoms with Crippen molar-refractivity contribution in [3.63, 3.8) is 0 Å². The predicted octanol–water partition coefficient (Wildman–Crippen LogP) is 11.2. The summed E-state index contributed by atoms with van der Waals surface area (Å²) in [6.45, 7) is 10.8. The maximum Gasteiger partial charge on any atom is 0.195 e. The Balaban J connectivity index is 1.73. The molecule has 1 atom stereocenters. The van der Waals surface area contributed by atoms with E-state index in [1.54, 1.807) is 22.7 Å². The van der Waals surface area contributed by atoms with Crippen LogP contribution in [0.3, 0.4) is 0 Å². The number of benzene rings is 1. The van der Waals surface area contributed by atoms with E-state index in [2.05, 4.69) is 72.9 Å². The standard InChI is InChI=1S/C37H34BrNO2S2/c1-6-20(4)22(7-2)12-11-21(5)24-18-27-33(30-15-16-31(38)43-30)35-26(32(34(27)36(24)40)28-10-9-17-39-28)19-25(37(35)41)29-14-13-23(8-3)42-29/h9-20,39H,6-8H2,1-5H3/b21-11+,22-12-. The van der Waals surface area contributed by atoms with Gasteiger partial charge in [-0.15, -0.1) is 22.7 Å². The zero-order chi connectivity index (χ0) is 30.4. The van der Waals surface area contributed by atoms with Crippen molar-refractivity contribution in [3.05, 3.63) is 107 Å². The molecule has 0 radical (unpaired) electrons.